The molecular weight excluding hydrogens is 444 g/mol. The molecule has 0 saturated carbocycles. The first-order valence-corrected chi connectivity index (χ1v) is 11.9. The van der Waals surface area contributed by atoms with E-state index in [0.717, 1.165) is 18.4 Å². The lowest BCUT2D eigenvalue weighted by Gasteiger charge is -2.26. The summed E-state index contributed by atoms with van der Waals surface area (Å²) in [6.07, 6.45) is 3.65. The Morgan fingerprint density at radius 1 is 1.06 bits per heavy atom. The molecule has 2 aromatic carbocycles. The van der Waals surface area contributed by atoms with Crippen molar-refractivity contribution in [1.29, 1.82) is 0 Å². The average Bonchev–Trinajstić information content (AvgIpc) is 3.11. The van der Waals surface area contributed by atoms with Gasteiger partial charge in [0.15, 0.2) is 0 Å². The number of rotatable bonds is 12. The number of aliphatic hydroxyl groups is 1. The third-order valence-corrected chi connectivity index (χ3v) is 5.79. The fourth-order valence-corrected chi connectivity index (χ4v) is 3.87. The lowest BCUT2D eigenvalue weighted by molar-refractivity contribution is -0.140. The highest BCUT2D eigenvalue weighted by Gasteiger charge is 2.45. The molecule has 0 aromatic heterocycles. The van der Waals surface area contributed by atoms with Crippen molar-refractivity contribution in [2.75, 3.05) is 40.4 Å². The van der Waals surface area contributed by atoms with Gasteiger partial charge in [0.05, 0.1) is 18.2 Å². The molecule has 1 aliphatic heterocycles. The lowest BCUT2D eigenvalue weighted by Crippen LogP contribution is -2.35. The third kappa shape index (κ3) is 6.31. The standard InChI is InChI=1S/C28H34N2O5/c1-5-7-19-35-23-14-10-21(11-15-23)26(31)24-25(20-8-12-22(13-9-20)34-18-6-2)30(17-16-29(3)4)28(33)27(24)32/h6,8-15,25,31H,2,5,7,16-19H2,1,3-4H3/b26-24+. The number of likely N-dealkylation sites (tertiary alicyclic amines) is 1. The number of ether oxygens (including phenoxy) is 2. The summed E-state index contributed by atoms with van der Waals surface area (Å²) in [7, 11) is 3.81. The fraction of sp³-hybridized carbons (Fsp3) is 0.357. The maximum atomic E-state index is 13.1. The molecule has 3 rings (SSSR count). The van der Waals surface area contributed by atoms with Gasteiger partial charge in [-0.05, 0) is 62.5 Å². The van der Waals surface area contributed by atoms with Crippen LogP contribution in [0.2, 0.25) is 0 Å². The third-order valence-electron chi connectivity index (χ3n) is 5.79. The van der Waals surface area contributed by atoms with Crippen LogP contribution in [0.4, 0.5) is 0 Å². The average molecular weight is 479 g/mol. The number of benzene rings is 2. The van der Waals surface area contributed by atoms with Crippen LogP contribution in [0.15, 0.2) is 66.8 Å². The van der Waals surface area contributed by atoms with Crippen molar-refractivity contribution < 1.29 is 24.2 Å². The molecule has 1 heterocycles. The zero-order valence-corrected chi connectivity index (χ0v) is 20.7. The number of likely N-dealkylation sites (N-methyl/N-ethyl adjacent to an activating group) is 1. The summed E-state index contributed by atoms with van der Waals surface area (Å²) in [5, 5.41) is 11.2. The summed E-state index contributed by atoms with van der Waals surface area (Å²) in [4.78, 5) is 29.6. The molecule has 7 nitrogen and oxygen atoms in total. The van der Waals surface area contributed by atoms with Gasteiger partial charge in [0.2, 0.25) is 0 Å². The molecule has 1 atom stereocenters. The second-order valence-corrected chi connectivity index (χ2v) is 8.69. The van der Waals surface area contributed by atoms with Gasteiger partial charge in [-0.3, -0.25) is 9.59 Å². The number of hydrogen-bond donors (Lipinski definition) is 1. The Morgan fingerprint density at radius 2 is 1.69 bits per heavy atom. The molecule has 35 heavy (non-hydrogen) atoms. The van der Waals surface area contributed by atoms with E-state index in [9.17, 15) is 14.7 Å². The van der Waals surface area contributed by atoms with Crippen LogP contribution in [0, 0.1) is 0 Å². The molecule has 2 aromatic rings. The lowest BCUT2D eigenvalue weighted by atomic mass is 9.95. The maximum Gasteiger partial charge on any atom is 0.295 e. The Kier molecular flexibility index (Phi) is 9.09. The number of hydrogen-bond acceptors (Lipinski definition) is 6. The van der Waals surface area contributed by atoms with E-state index in [2.05, 4.69) is 13.5 Å². The van der Waals surface area contributed by atoms with Crippen LogP contribution in [-0.4, -0.2) is 67.0 Å². The topological polar surface area (TPSA) is 79.3 Å². The first-order chi connectivity index (χ1) is 16.9. The minimum absolute atomic E-state index is 0.0770. The van der Waals surface area contributed by atoms with Crippen molar-refractivity contribution in [3.05, 3.63) is 77.9 Å². The van der Waals surface area contributed by atoms with Crippen LogP contribution >= 0.6 is 0 Å². The van der Waals surface area contributed by atoms with Gasteiger partial charge in [0.25, 0.3) is 11.7 Å². The van der Waals surface area contributed by atoms with Gasteiger partial charge in [-0.2, -0.15) is 0 Å². The Morgan fingerprint density at radius 3 is 2.29 bits per heavy atom. The van der Waals surface area contributed by atoms with Crippen LogP contribution in [0.1, 0.15) is 36.9 Å². The molecule has 7 heteroatoms. The molecule has 0 spiro atoms. The number of carbonyl (C=O) groups is 2. The van der Waals surface area contributed by atoms with Crippen molar-refractivity contribution in [1.82, 2.24) is 9.80 Å². The van der Waals surface area contributed by atoms with Crippen molar-refractivity contribution in [3.8, 4) is 11.5 Å². The number of amides is 1. The molecule has 0 aliphatic carbocycles. The summed E-state index contributed by atoms with van der Waals surface area (Å²) in [6.45, 7) is 7.65. The molecule has 1 fully saturated rings. The Bertz CT molecular complexity index is 1060. The van der Waals surface area contributed by atoms with Crippen LogP contribution in [0.5, 0.6) is 11.5 Å². The molecule has 1 saturated heterocycles. The quantitative estimate of drug-likeness (QED) is 0.160. The van der Waals surface area contributed by atoms with Crippen molar-refractivity contribution in [2.45, 2.75) is 25.8 Å². The number of Topliss-reactive ketones (excluding diaryl/α,β-unsaturated/α-hetero) is 1. The number of aliphatic hydroxyl groups excluding tert-OH is 1. The van der Waals surface area contributed by atoms with Gasteiger partial charge in [-0.15, -0.1) is 0 Å². The fourth-order valence-electron chi connectivity index (χ4n) is 3.87. The summed E-state index contributed by atoms with van der Waals surface area (Å²) < 4.78 is 11.3. The Balaban J connectivity index is 1.98. The molecular formula is C28H34N2O5. The predicted molar refractivity (Wildman–Crippen MR) is 137 cm³/mol. The zero-order chi connectivity index (χ0) is 25.4. The van der Waals surface area contributed by atoms with E-state index in [4.69, 9.17) is 9.47 Å². The first kappa shape index (κ1) is 26.0. The predicted octanol–water partition coefficient (Wildman–Crippen LogP) is 4.41. The molecule has 1 aliphatic rings. The SMILES string of the molecule is C=CCOc1ccc(C2/C(=C(\O)c3ccc(OCCCC)cc3)C(=O)C(=O)N2CCN(C)C)cc1. The normalized spacial score (nSPS) is 17.1. The van der Waals surface area contributed by atoms with Gasteiger partial charge < -0.3 is 24.4 Å². The second-order valence-electron chi connectivity index (χ2n) is 8.69. The summed E-state index contributed by atoms with van der Waals surface area (Å²) in [5.74, 6) is -0.176. The molecule has 0 radical (unpaired) electrons. The van der Waals surface area contributed by atoms with Gasteiger partial charge in [0.1, 0.15) is 23.9 Å². The van der Waals surface area contributed by atoms with Gasteiger partial charge in [-0.25, -0.2) is 0 Å². The largest absolute Gasteiger partial charge is 0.507 e. The minimum atomic E-state index is -0.705. The number of unbranched alkanes of at least 4 members (excludes halogenated alkanes) is 1. The number of nitrogens with zero attached hydrogens (tertiary/aromatic N) is 2. The highest BCUT2D eigenvalue weighted by Crippen LogP contribution is 2.39. The number of carbonyl (C=O) groups excluding carboxylic acids is 2. The van der Waals surface area contributed by atoms with Gasteiger partial charge in [-0.1, -0.05) is 38.1 Å². The molecule has 0 bridgehead atoms. The smallest absolute Gasteiger partial charge is 0.295 e. The van der Waals surface area contributed by atoms with Gasteiger partial charge in [0, 0.05) is 18.7 Å². The van der Waals surface area contributed by atoms with E-state index in [0.29, 0.717) is 43.4 Å². The Hall–Kier alpha value is -3.58. The Labute approximate surface area is 207 Å². The van der Waals surface area contributed by atoms with Crippen LogP contribution in [0.25, 0.3) is 5.76 Å². The zero-order valence-electron chi connectivity index (χ0n) is 20.7. The highest BCUT2D eigenvalue weighted by atomic mass is 16.5. The van der Waals surface area contributed by atoms with Crippen LogP contribution in [-0.2, 0) is 9.59 Å². The summed E-state index contributed by atoms with van der Waals surface area (Å²) in [6, 6.07) is 13.4. The number of ketones is 1. The van der Waals surface area contributed by atoms with E-state index in [-0.39, 0.29) is 11.3 Å². The highest BCUT2D eigenvalue weighted by molar-refractivity contribution is 6.46. The molecule has 1 N–H and O–H groups in total. The van der Waals surface area contributed by atoms with Crippen LogP contribution in [0.3, 0.4) is 0 Å². The van der Waals surface area contributed by atoms with Crippen molar-refractivity contribution in [2.24, 2.45) is 0 Å². The van der Waals surface area contributed by atoms with Crippen LogP contribution < -0.4 is 9.47 Å². The minimum Gasteiger partial charge on any atom is -0.507 e. The molecule has 186 valence electrons. The maximum absolute atomic E-state index is 13.1. The van der Waals surface area contributed by atoms with E-state index < -0.39 is 17.7 Å². The van der Waals surface area contributed by atoms with Crippen molar-refractivity contribution >= 4 is 17.4 Å². The van der Waals surface area contributed by atoms with Crippen molar-refractivity contribution in [3.63, 3.8) is 0 Å². The summed E-state index contributed by atoms with van der Waals surface area (Å²) in [5.41, 5.74) is 1.25. The second kappa shape index (κ2) is 12.2. The van der Waals surface area contributed by atoms with Gasteiger partial charge >= 0.3 is 0 Å². The van der Waals surface area contributed by atoms with E-state index in [1.165, 1.54) is 4.90 Å². The molecule has 1 unspecified atom stereocenters. The molecule has 1 amide bonds. The van der Waals surface area contributed by atoms with E-state index in [1.54, 1.807) is 42.5 Å². The van der Waals surface area contributed by atoms with E-state index in [1.807, 2.05) is 31.1 Å². The first-order valence-electron chi connectivity index (χ1n) is 11.9. The monoisotopic (exact) mass is 478 g/mol. The summed E-state index contributed by atoms with van der Waals surface area (Å²) >= 11 is 0. The van der Waals surface area contributed by atoms with E-state index >= 15 is 0 Å².